The highest BCUT2D eigenvalue weighted by molar-refractivity contribution is 5.91. The first-order valence-corrected chi connectivity index (χ1v) is 9.40. The van der Waals surface area contributed by atoms with E-state index in [1.165, 1.54) is 5.56 Å². The third-order valence-corrected chi connectivity index (χ3v) is 5.36. The van der Waals surface area contributed by atoms with Crippen LogP contribution in [-0.4, -0.2) is 43.8 Å². The van der Waals surface area contributed by atoms with Gasteiger partial charge in [-0.15, -0.1) is 12.4 Å². The van der Waals surface area contributed by atoms with Gasteiger partial charge in [0.1, 0.15) is 0 Å². The SMILES string of the molecule is Cl.NC[C@@H]1CN(CCC(=O)Nc2ccc3c(c2)OCO3)C[C@H]1c1ccccc1. The van der Waals surface area contributed by atoms with E-state index in [0.29, 0.717) is 36.3 Å². The molecule has 0 saturated carbocycles. The summed E-state index contributed by atoms with van der Waals surface area (Å²) in [4.78, 5) is 14.7. The number of hydrogen-bond acceptors (Lipinski definition) is 5. The molecule has 6 nitrogen and oxygen atoms in total. The van der Waals surface area contributed by atoms with Crippen molar-refractivity contribution >= 4 is 24.0 Å². The van der Waals surface area contributed by atoms with Crippen LogP contribution >= 0.6 is 12.4 Å². The van der Waals surface area contributed by atoms with Gasteiger partial charge in [-0.1, -0.05) is 30.3 Å². The van der Waals surface area contributed by atoms with Gasteiger partial charge in [0.05, 0.1) is 0 Å². The highest BCUT2D eigenvalue weighted by Gasteiger charge is 2.32. The number of ether oxygens (including phenoxy) is 2. The Labute approximate surface area is 171 Å². The minimum absolute atomic E-state index is 0. The van der Waals surface area contributed by atoms with Gasteiger partial charge in [-0.05, 0) is 30.2 Å². The number of amides is 1. The average molecular weight is 404 g/mol. The molecule has 0 unspecified atom stereocenters. The van der Waals surface area contributed by atoms with Crippen LogP contribution < -0.4 is 20.5 Å². The maximum absolute atomic E-state index is 12.3. The summed E-state index contributed by atoms with van der Waals surface area (Å²) in [6.07, 6.45) is 0.452. The Balaban J connectivity index is 0.00000225. The second-order valence-corrected chi connectivity index (χ2v) is 7.14. The fourth-order valence-electron chi connectivity index (χ4n) is 3.92. The molecule has 0 aliphatic carbocycles. The van der Waals surface area contributed by atoms with Crippen LogP contribution in [0.15, 0.2) is 48.5 Å². The van der Waals surface area contributed by atoms with Crippen molar-refractivity contribution in [1.82, 2.24) is 4.90 Å². The smallest absolute Gasteiger partial charge is 0.231 e. The Morgan fingerprint density at radius 3 is 2.68 bits per heavy atom. The molecule has 1 amide bonds. The molecule has 28 heavy (non-hydrogen) atoms. The van der Waals surface area contributed by atoms with Gasteiger partial charge in [-0.2, -0.15) is 0 Å². The van der Waals surface area contributed by atoms with Crippen LogP contribution in [0.2, 0.25) is 0 Å². The van der Waals surface area contributed by atoms with Crippen LogP contribution in [0.5, 0.6) is 11.5 Å². The highest BCUT2D eigenvalue weighted by atomic mass is 35.5. The Morgan fingerprint density at radius 2 is 1.89 bits per heavy atom. The summed E-state index contributed by atoms with van der Waals surface area (Å²) in [5.74, 6) is 2.26. The summed E-state index contributed by atoms with van der Waals surface area (Å²) < 4.78 is 10.6. The van der Waals surface area contributed by atoms with Gasteiger partial charge in [0.2, 0.25) is 12.7 Å². The predicted molar refractivity (Wildman–Crippen MR) is 111 cm³/mol. The summed E-state index contributed by atoms with van der Waals surface area (Å²) in [5.41, 5.74) is 8.06. The second kappa shape index (κ2) is 9.28. The maximum atomic E-state index is 12.3. The second-order valence-electron chi connectivity index (χ2n) is 7.14. The number of anilines is 1. The summed E-state index contributed by atoms with van der Waals surface area (Å²) in [6, 6.07) is 16.0. The number of nitrogens with two attached hydrogens (primary N) is 1. The van der Waals surface area contributed by atoms with Crippen molar-refractivity contribution in [1.29, 1.82) is 0 Å². The number of fused-ring (bicyclic) bond motifs is 1. The molecule has 2 aromatic rings. The largest absolute Gasteiger partial charge is 0.454 e. The normalized spacial score (nSPS) is 20.6. The molecule has 0 aromatic heterocycles. The molecule has 2 aromatic carbocycles. The van der Waals surface area contributed by atoms with E-state index in [1.807, 2.05) is 18.2 Å². The molecule has 150 valence electrons. The summed E-state index contributed by atoms with van der Waals surface area (Å²) in [6.45, 7) is 3.51. The van der Waals surface area contributed by atoms with E-state index in [4.69, 9.17) is 15.2 Å². The van der Waals surface area contributed by atoms with Crippen LogP contribution in [-0.2, 0) is 4.79 Å². The summed E-state index contributed by atoms with van der Waals surface area (Å²) in [7, 11) is 0. The first-order chi connectivity index (χ1) is 13.2. The number of rotatable bonds is 6. The number of likely N-dealkylation sites (tertiary alicyclic amines) is 1. The van der Waals surface area contributed by atoms with Crippen molar-refractivity contribution in [2.45, 2.75) is 12.3 Å². The van der Waals surface area contributed by atoms with Crippen molar-refractivity contribution in [3.8, 4) is 11.5 Å². The summed E-state index contributed by atoms with van der Waals surface area (Å²) in [5, 5.41) is 2.94. The quantitative estimate of drug-likeness (QED) is 0.775. The third kappa shape index (κ3) is 4.58. The molecule has 1 saturated heterocycles. The molecular formula is C21H26ClN3O3. The lowest BCUT2D eigenvalue weighted by Gasteiger charge is -2.16. The molecule has 0 spiro atoms. The minimum atomic E-state index is 0. The fourth-order valence-corrected chi connectivity index (χ4v) is 3.92. The average Bonchev–Trinajstić information content (AvgIpc) is 3.33. The predicted octanol–water partition coefficient (Wildman–Crippen LogP) is 2.84. The number of nitrogens with one attached hydrogen (secondary N) is 1. The van der Waals surface area contributed by atoms with Gasteiger partial charge >= 0.3 is 0 Å². The van der Waals surface area contributed by atoms with Gasteiger partial charge in [-0.3, -0.25) is 4.79 Å². The molecule has 4 rings (SSSR count). The molecule has 2 aliphatic rings. The Bertz CT molecular complexity index is 803. The van der Waals surface area contributed by atoms with E-state index in [9.17, 15) is 4.79 Å². The maximum Gasteiger partial charge on any atom is 0.231 e. The van der Waals surface area contributed by atoms with E-state index >= 15 is 0 Å². The van der Waals surface area contributed by atoms with Gasteiger partial charge < -0.3 is 25.4 Å². The zero-order valence-corrected chi connectivity index (χ0v) is 16.5. The Kier molecular flexibility index (Phi) is 6.78. The van der Waals surface area contributed by atoms with Crippen molar-refractivity contribution < 1.29 is 14.3 Å². The number of hydrogen-bond donors (Lipinski definition) is 2. The lowest BCUT2D eigenvalue weighted by atomic mass is 9.89. The third-order valence-electron chi connectivity index (χ3n) is 5.36. The van der Waals surface area contributed by atoms with Gasteiger partial charge in [0, 0.05) is 43.7 Å². The van der Waals surface area contributed by atoms with Crippen LogP contribution in [0.25, 0.3) is 0 Å². The number of carbonyl (C=O) groups excluding carboxylic acids is 1. The van der Waals surface area contributed by atoms with E-state index in [0.717, 1.165) is 25.3 Å². The van der Waals surface area contributed by atoms with E-state index in [-0.39, 0.29) is 25.1 Å². The van der Waals surface area contributed by atoms with Gasteiger partial charge in [-0.25, -0.2) is 0 Å². The first-order valence-electron chi connectivity index (χ1n) is 9.40. The van der Waals surface area contributed by atoms with Crippen LogP contribution in [0.4, 0.5) is 5.69 Å². The molecule has 7 heteroatoms. The Morgan fingerprint density at radius 1 is 1.11 bits per heavy atom. The van der Waals surface area contributed by atoms with Crippen molar-refractivity contribution in [2.75, 3.05) is 38.3 Å². The number of benzene rings is 2. The van der Waals surface area contributed by atoms with Gasteiger partial charge in [0.25, 0.3) is 0 Å². The fraction of sp³-hybridized carbons (Fsp3) is 0.381. The molecule has 2 atom stereocenters. The summed E-state index contributed by atoms with van der Waals surface area (Å²) >= 11 is 0. The molecular weight excluding hydrogens is 378 g/mol. The van der Waals surface area contributed by atoms with Crippen molar-refractivity contribution in [3.63, 3.8) is 0 Å². The lowest BCUT2D eigenvalue weighted by molar-refractivity contribution is -0.116. The van der Waals surface area contributed by atoms with Crippen LogP contribution in [0.1, 0.15) is 17.9 Å². The first kappa shape index (κ1) is 20.5. The molecule has 2 heterocycles. The lowest BCUT2D eigenvalue weighted by Crippen LogP contribution is -2.27. The molecule has 3 N–H and O–H groups in total. The van der Waals surface area contributed by atoms with E-state index in [2.05, 4.69) is 34.5 Å². The number of nitrogens with zero attached hydrogens (tertiary/aromatic N) is 1. The Hall–Kier alpha value is -2.28. The van der Waals surface area contributed by atoms with Crippen molar-refractivity contribution in [2.24, 2.45) is 11.7 Å². The van der Waals surface area contributed by atoms with Crippen LogP contribution in [0, 0.1) is 5.92 Å². The minimum Gasteiger partial charge on any atom is -0.454 e. The standard InChI is InChI=1S/C21H25N3O3.ClH/c22-11-16-12-24(13-18(16)15-4-2-1-3-5-15)9-8-21(25)23-17-6-7-19-20(10-17)27-14-26-19;/h1-7,10,16,18H,8-9,11-14,22H2,(H,23,25);1H/t16-,18+;/m1./s1. The monoisotopic (exact) mass is 403 g/mol. The van der Waals surface area contributed by atoms with E-state index < -0.39 is 0 Å². The van der Waals surface area contributed by atoms with Gasteiger partial charge in [0.15, 0.2) is 11.5 Å². The topological polar surface area (TPSA) is 76.8 Å². The molecule has 1 fully saturated rings. The number of halogens is 1. The molecule has 0 radical (unpaired) electrons. The zero-order chi connectivity index (χ0) is 18.6. The van der Waals surface area contributed by atoms with Crippen molar-refractivity contribution in [3.05, 3.63) is 54.1 Å². The molecule has 2 aliphatic heterocycles. The van der Waals surface area contributed by atoms with Crippen LogP contribution in [0.3, 0.4) is 0 Å². The van der Waals surface area contributed by atoms with E-state index in [1.54, 1.807) is 6.07 Å². The molecule has 0 bridgehead atoms. The number of carbonyl (C=O) groups is 1. The zero-order valence-electron chi connectivity index (χ0n) is 15.7. The highest BCUT2D eigenvalue weighted by Crippen LogP contribution is 2.34.